The van der Waals surface area contributed by atoms with E-state index in [9.17, 15) is 4.79 Å². The maximum absolute atomic E-state index is 11.6. The number of aryl methyl sites for hydroxylation is 1. The normalized spacial score (nSPS) is 10.0. The number of nitriles is 1. The van der Waals surface area contributed by atoms with E-state index in [1.807, 2.05) is 12.1 Å². The maximum atomic E-state index is 11.6. The van der Waals surface area contributed by atoms with Crippen LogP contribution in [0.2, 0.25) is 0 Å². The second kappa shape index (κ2) is 2.96. The highest BCUT2D eigenvalue weighted by Gasteiger charge is 2.04. The van der Waals surface area contributed by atoms with Crippen LogP contribution in [0.15, 0.2) is 23.1 Å². The van der Waals surface area contributed by atoms with Crippen LogP contribution in [0.3, 0.4) is 0 Å². The van der Waals surface area contributed by atoms with E-state index in [0.717, 1.165) is 5.69 Å². The summed E-state index contributed by atoms with van der Waals surface area (Å²) in [7, 11) is 0. The predicted octanol–water partition coefficient (Wildman–Crippen LogP) is 1.10. The minimum Gasteiger partial charge on any atom is -0.358 e. The molecule has 0 bridgehead atoms. The lowest BCUT2D eigenvalue weighted by atomic mass is 10.2. The van der Waals surface area contributed by atoms with Crippen molar-refractivity contribution in [2.24, 2.45) is 0 Å². The monoisotopic (exact) mass is 185 g/mol. The quantitative estimate of drug-likeness (QED) is 0.668. The summed E-state index contributed by atoms with van der Waals surface area (Å²) in [6, 6.07) is 5.41. The van der Waals surface area contributed by atoms with Crippen LogP contribution in [0.25, 0.3) is 11.0 Å². The molecule has 2 rings (SSSR count). The van der Waals surface area contributed by atoms with Crippen molar-refractivity contribution in [2.75, 3.05) is 0 Å². The Kier molecular flexibility index (Phi) is 1.79. The topological polar surface area (TPSA) is 69.5 Å². The molecule has 1 N–H and O–H groups in total. The molecule has 2 aromatic rings. The summed E-state index contributed by atoms with van der Waals surface area (Å²) in [6.07, 6.45) is 1.40. The Morgan fingerprint density at radius 3 is 3.00 bits per heavy atom. The van der Waals surface area contributed by atoms with Crippen LogP contribution < -0.4 is 5.43 Å². The van der Waals surface area contributed by atoms with Gasteiger partial charge >= 0.3 is 0 Å². The summed E-state index contributed by atoms with van der Waals surface area (Å²) in [5.41, 5.74) is 1.52. The van der Waals surface area contributed by atoms with E-state index in [-0.39, 0.29) is 11.0 Å². The molecule has 0 radical (unpaired) electrons. The maximum Gasteiger partial charge on any atom is 0.225 e. The molecule has 4 nitrogen and oxygen atoms in total. The van der Waals surface area contributed by atoms with Gasteiger partial charge in [-0.2, -0.15) is 5.26 Å². The molecule has 0 saturated heterocycles. The zero-order valence-corrected chi connectivity index (χ0v) is 7.53. The standard InChI is InChI=1S/C10H7N3O/c1-6-2-3-8-9(13-6)10(14)7(4-11)5-12-8/h2-3,5H,1H3,(H,12,14). The molecule has 14 heavy (non-hydrogen) atoms. The number of fused-ring (bicyclic) bond motifs is 1. The Bertz CT molecular complexity index is 592. The molecule has 0 saturated carbocycles. The number of H-pyrrole nitrogens is 1. The van der Waals surface area contributed by atoms with Gasteiger partial charge in [0, 0.05) is 11.9 Å². The number of aromatic amines is 1. The molecular weight excluding hydrogens is 178 g/mol. The third-order valence-electron chi connectivity index (χ3n) is 1.99. The highest BCUT2D eigenvalue weighted by molar-refractivity contribution is 5.75. The van der Waals surface area contributed by atoms with Crippen molar-refractivity contribution in [1.82, 2.24) is 9.97 Å². The summed E-state index contributed by atoms with van der Waals surface area (Å²) in [6.45, 7) is 1.80. The van der Waals surface area contributed by atoms with Gasteiger partial charge in [0.25, 0.3) is 0 Å². The van der Waals surface area contributed by atoms with Crippen molar-refractivity contribution in [3.63, 3.8) is 0 Å². The fourth-order valence-electron chi connectivity index (χ4n) is 1.27. The molecule has 0 atom stereocenters. The summed E-state index contributed by atoms with van der Waals surface area (Å²) < 4.78 is 0. The van der Waals surface area contributed by atoms with Crippen LogP contribution >= 0.6 is 0 Å². The van der Waals surface area contributed by atoms with Gasteiger partial charge in [0.05, 0.1) is 5.52 Å². The van der Waals surface area contributed by atoms with Crippen molar-refractivity contribution < 1.29 is 0 Å². The lowest BCUT2D eigenvalue weighted by Crippen LogP contribution is -2.09. The molecule has 0 aromatic carbocycles. The number of rotatable bonds is 0. The Balaban J connectivity index is 2.96. The van der Waals surface area contributed by atoms with Gasteiger partial charge in [-0.05, 0) is 19.1 Å². The van der Waals surface area contributed by atoms with Crippen molar-refractivity contribution >= 4 is 11.0 Å². The first-order chi connectivity index (χ1) is 6.72. The van der Waals surface area contributed by atoms with E-state index in [4.69, 9.17) is 5.26 Å². The van der Waals surface area contributed by atoms with Gasteiger partial charge in [-0.1, -0.05) is 0 Å². The summed E-state index contributed by atoms with van der Waals surface area (Å²) in [5.74, 6) is 0. The number of pyridine rings is 2. The number of nitrogens with zero attached hydrogens (tertiary/aromatic N) is 2. The Morgan fingerprint density at radius 2 is 2.29 bits per heavy atom. The van der Waals surface area contributed by atoms with E-state index >= 15 is 0 Å². The van der Waals surface area contributed by atoms with Crippen molar-refractivity contribution in [2.45, 2.75) is 6.92 Å². The minimum atomic E-state index is -0.315. The third-order valence-corrected chi connectivity index (χ3v) is 1.99. The van der Waals surface area contributed by atoms with E-state index in [2.05, 4.69) is 9.97 Å². The Labute approximate surface area is 79.8 Å². The summed E-state index contributed by atoms with van der Waals surface area (Å²) >= 11 is 0. The number of hydrogen-bond acceptors (Lipinski definition) is 3. The molecule has 68 valence electrons. The molecule has 0 fully saturated rings. The molecule has 0 spiro atoms. The minimum absolute atomic E-state index is 0.0931. The molecule has 0 aliphatic carbocycles. The van der Waals surface area contributed by atoms with Gasteiger partial charge in [0.1, 0.15) is 17.1 Å². The van der Waals surface area contributed by atoms with Crippen LogP contribution in [0, 0.1) is 18.3 Å². The van der Waals surface area contributed by atoms with Gasteiger partial charge in [0.15, 0.2) is 0 Å². The first-order valence-electron chi connectivity index (χ1n) is 4.11. The molecule has 0 amide bonds. The highest BCUT2D eigenvalue weighted by atomic mass is 16.1. The van der Waals surface area contributed by atoms with Gasteiger partial charge < -0.3 is 4.98 Å². The molecular formula is C10H7N3O. The first-order valence-corrected chi connectivity index (χ1v) is 4.11. The van der Waals surface area contributed by atoms with Crippen LogP contribution in [-0.4, -0.2) is 9.97 Å². The van der Waals surface area contributed by atoms with Crippen molar-refractivity contribution in [1.29, 1.82) is 5.26 Å². The van der Waals surface area contributed by atoms with E-state index in [0.29, 0.717) is 11.0 Å². The fraction of sp³-hybridized carbons (Fsp3) is 0.100. The summed E-state index contributed by atoms with van der Waals surface area (Å²) in [5, 5.41) is 8.65. The van der Waals surface area contributed by atoms with Gasteiger partial charge in [0.2, 0.25) is 5.43 Å². The van der Waals surface area contributed by atoms with Crippen LogP contribution in [0.1, 0.15) is 11.3 Å². The SMILES string of the molecule is Cc1ccc2[nH]cc(C#N)c(=O)c2n1. The molecule has 0 unspecified atom stereocenters. The average Bonchev–Trinajstić information content (AvgIpc) is 2.20. The van der Waals surface area contributed by atoms with Crippen LogP contribution in [0.4, 0.5) is 0 Å². The fourth-order valence-corrected chi connectivity index (χ4v) is 1.27. The van der Waals surface area contributed by atoms with Gasteiger partial charge in [-0.15, -0.1) is 0 Å². The summed E-state index contributed by atoms with van der Waals surface area (Å²) in [4.78, 5) is 18.5. The first kappa shape index (κ1) is 8.45. The molecule has 2 aromatic heterocycles. The average molecular weight is 185 g/mol. The second-order valence-electron chi connectivity index (χ2n) is 2.99. The number of nitrogens with one attached hydrogen (secondary N) is 1. The van der Waals surface area contributed by atoms with Crippen molar-refractivity contribution in [3.8, 4) is 6.07 Å². The highest BCUT2D eigenvalue weighted by Crippen LogP contribution is 2.05. The van der Waals surface area contributed by atoms with Crippen LogP contribution in [-0.2, 0) is 0 Å². The predicted molar refractivity (Wildman–Crippen MR) is 51.8 cm³/mol. The van der Waals surface area contributed by atoms with Crippen molar-refractivity contribution in [3.05, 3.63) is 39.8 Å². The van der Waals surface area contributed by atoms with E-state index in [1.54, 1.807) is 13.0 Å². The molecule has 4 heteroatoms. The Morgan fingerprint density at radius 1 is 1.50 bits per heavy atom. The number of hydrogen-bond donors (Lipinski definition) is 1. The third kappa shape index (κ3) is 1.15. The molecule has 2 heterocycles. The lowest BCUT2D eigenvalue weighted by molar-refractivity contribution is 1.22. The van der Waals surface area contributed by atoms with Gasteiger partial charge in [-0.25, -0.2) is 4.98 Å². The van der Waals surface area contributed by atoms with E-state index < -0.39 is 0 Å². The van der Waals surface area contributed by atoms with Gasteiger partial charge in [-0.3, -0.25) is 4.79 Å². The second-order valence-corrected chi connectivity index (χ2v) is 2.99. The Hall–Kier alpha value is -2.15. The smallest absolute Gasteiger partial charge is 0.225 e. The van der Waals surface area contributed by atoms with E-state index in [1.165, 1.54) is 6.20 Å². The molecule has 0 aliphatic heterocycles. The molecule has 0 aliphatic rings. The number of aromatic nitrogens is 2. The largest absolute Gasteiger partial charge is 0.358 e. The lowest BCUT2D eigenvalue weighted by Gasteiger charge is -1.97. The van der Waals surface area contributed by atoms with Crippen LogP contribution in [0.5, 0.6) is 0 Å². The zero-order chi connectivity index (χ0) is 10.1. The zero-order valence-electron chi connectivity index (χ0n) is 7.53.